The molecule has 1 fully saturated rings. The first-order valence-electron chi connectivity index (χ1n) is 6.83. The van der Waals surface area contributed by atoms with E-state index in [4.69, 9.17) is 11.6 Å². The number of carbonyl (C=O) groups excluding carboxylic acids is 1. The van der Waals surface area contributed by atoms with Gasteiger partial charge in [0.1, 0.15) is 5.69 Å². The van der Waals surface area contributed by atoms with E-state index in [-0.39, 0.29) is 17.0 Å². The molecule has 4 nitrogen and oxygen atoms in total. The summed E-state index contributed by atoms with van der Waals surface area (Å²) in [6.07, 6.45) is 2.91. The standard InChI is InChI=1S/C14H17ClF2N2O2/c15-9-5-11(16)13(12(17)6-9)19-14(21)18-7-8-2-1-3-10(20)4-8/h5-6,8,10,20H,1-4,7H2,(H2,18,19,21). The lowest BCUT2D eigenvalue weighted by molar-refractivity contribution is 0.101. The maximum Gasteiger partial charge on any atom is 0.319 e. The molecule has 21 heavy (non-hydrogen) atoms. The first kappa shape index (κ1) is 16.0. The third-order valence-electron chi connectivity index (χ3n) is 3.55. The Kier molecular flexibility index (Phi) is 5.36. The second-order valence-electron chi connectivity index (χ2n) is 5.27. The van der Waals surface area contributed by atoms with Crippen molar-refractivity contribution in [2.24, 2.45) is 5.92 Å². The summed E-state index contributed by atoms with van der Waals surface area (Å²) in [4.78, 5) is 11.7. The van der Waals surface area contributed by atoms with Crippen molar-refractivity contribution in [3.63, 3.8) is 0 Å². The van der Waals surface area contributed by atoms with Gasteiger partial charge in [-0.1, -0.05) is 18.0 Å². The van der Waals surface area contributed by atoms with Crippen LogP contribution in [0.15, 0.2) is 12.1 Å². The van der Waals surface area contributed by atoms with Crippen LogP contribution in [0.5, 0.6) is 0 Å². The number of benzene rings is 1. The van der Waals surface area contributed by atoms with E-state index in [2.05, 4.69) is 10.6 Å². The Labute approximate surface area is 126 Å². The van der Waals surface area contributed by atoms with Gasteiger partial charge in [0.15, 0.2) is 11.6 Å². The van der Waals surface area contributed by atoms with Crippen molar-refractivity contribution in [1.29, 1.82) is 0 Å². The lowest BCUT2D eigenvalue weighted by Crippen LogP contribution is -2.36. The van der Waals surface area contributed by atoms with Crippen molar-refractivity contribution < 1.29 is 18.7 Å². The molecule has 0 heterocycles. The summed E-state index contributed by atoms with van der Waals surface area (Å²) in [6, 6.07) is 1.17. The Morgan fingerprint density at radius 3 is 2.62 bits per heavy atom. The fraction of sp³-hybridized carbons (Fsp3) is 0.500. The highest BCUT2D eigenvalue weighted by atomic mass is 35.5. The highest BCUT2D eigenvalue weighted by Gasteiger charge is 2.21. The van der Waals surface area contributed by atoms with E-state index in [1.54, 1.807) is 0 Å². The number of anilines is 1. The van der Waals surface area contributed by atoms with Gasteiger partial charge in [-0.25, -0.2) is 13.6 Å². The van der Waals surface area contributed by atoms with Crippen LogP contribution < -0.4 is 10.6 Å². The summed E-state index contributed by atoms with van der Waals surface area (Å²) in [6.45, 7) is 0.361. The van der Waals surface area contributed by atoms with Crippen LogP contribution in [0.2, 0.25) is 5.02 Å². The minimum absolute atomic E-state index is 0.0767. The topological polar surface area (TPSA) is 61.4 Å². The van der Waals surface area contributed by atoms with Crippen molar-refractivity contribution in [2.45, 2.75) is 31.8 Å². The zero-order valence-corrected chi connectivity index (χ0v) is 12.1. The van der Waals surface area contributed by atoms with E-state index >= 15 is 0 Å². The van der Waals surface area contributed by atoms with E-state index in [1.807, 2.05) is 0 Å². The first-order chi connectivity index (χ1) is 9.95. The summed E-state index contributed by atoms with van der Waals surface area (Å²) < 4.78 is 27.0. The average molecular weight is 319 g/mol. The molecule has 2 amide bonds. The zero-order chi connectivity index (χ0) is 15.4. The zero-order valence-electron chi connectivity index (χ0n) is 11.3. The van der Waals surface area contributed by atoms with Gasteiger partial charge in [-0.05, 0) is 37.3 Å². The molecule has 1 aliphatic rings. The normalized spacial score (nSPS) is 21.9. The van der Waals surface area contributed by atoms with Gasteiger partial charge in [-0.15, -0.1) is 0 Å². The van der Waals surface area contributed by atoms with Crippen molar-refractivity contribution in [1.82, 2.24) is 5.32 Å². The van der Waals surface area contributed by atoms with Gasteiger partial charge in [-0.2, -0.15) is 0 Å². The second kappa shape index (κ2) is 7.04. The summed E-state index contributed by atoms with van der Waals surface area (Å²) in [5, 5.41) is 14.2. The quantitative estimate of drug-likeness (QED) is 0.801. The lowest BCUT2D eigenvalue weighted by Gasteiger charge is -2.25. The van der Waals surface area contributed by atoms with Crippen LogP contribution in [-0.2, 0) is 0 Å². The maximum absolute atomic E-state index is 13.5. The number of carbonyl (C=O) groups is 1. The summed E-state index contributed by atoms with van der Waals surface area (Å²) >= 11 is 5.50. The number of rotatable bonds is 3. The van der Waals surface area contributed by atoms with E-state index in [0.717, 1.165) is 31.4 Å². The molecule has 2 unspecified atom stereocenters. The molecular weight excluding hydrogens is 302 g/mol. The Balaban J connectivity index is 1.87. The Hall–Kier alpha value is -1.40. The van der Waals surface area contributed by atoms with E-state index < -0.39 is 23.4 Å². The van der Waals surface area contributed by atoms with Crippen LogP contribution in [0, 0.1) is 17.6 Å². The van der Waals surface area contributed by atoms with Crippen molar-refractivity contribution in [3.05, 3.63) is 28.8 Å². The lowest BCUT2D eigenvalue weighted by atomic mass is 9.87. The third kappa shape index (κ3) is 4.54. The van der Waals surface area contributed by atoms with E-state index in [9.17, 15) is 18.7 Å². The van der Waals surface area contributed by atoms with E-state index in [0.29, 0.717) is 13.0 Å². The van der Waals surface area contributed by atoms with Crippen LogP contribution >= 0.6 is 11.6 Å². The molecule has 3 N–H and O–H groups in total. The number of hydrogen-bond donors (Lipinski definition) is 3. The van der Waals surface area contributed by atoms with Gasteiger partial charge in [0, 0.05) is 11.6 Å². The molecular formula is C14H17ClF2N2O2. The minimum Gasteiger partial charge on any atom is -0.393 e. The summed E-state index contributed by atoms with van der Waals surface area (Å²) in [5.41, 5.74) is -0.527. The molecule has 1 aromatic rings. The van der Waals surface area contributed by atoms with Crippen molar-refractivity contribution in [2.75, 3.05) is 11.9 Å². The van der Waals surface area contributed by atoms with Crippen LogP contribution in [0.4, 0.5) is 19.3 Å². The smallest absolute Gasteiger partial charge is 0.319 e. The molecule has 0 aliphatic heterocycles. The number of aliphatic hydroxyl groups is 1. The molecule has 0 radical (unpaired) electrons. The number of urea groups is 1. The van der Waals surface area contributed by atoms with E-state index in [1.165, 1.54) is 0 Å². The van der Waals surface area contributed by atoms with Crippen LogP contribution in [0.3, 0.4) is 0 Å². The molecule has 0 spiro atoms. The maximum atomic E-state index is 13.5. The molecule has 1 aromatic carbocycles. The van der Waals surface area contributed by atoms with Gasteiger partial charge in [0.2, 0.25) is 0 Å². The second-order valence-corrected chi connectivity index (χ2v) is 5.70. The fourth-order valence-electron chi connectivity index (χ4n) is 2.50. The minimum atomic E-state index is -0.928. The highest BCUT2D eigenvalue weighted by molar-refractivity contribution is 6.30. The highest BCUT2D eigenvalue weighted by Crippen LogP contribution is 2.24. The van der Waals surface area contributed by atoms with Crippen LogP contribution in [0.1, 0.15) is 25.7 Å². The Morgan fingerprint density at radius 2 is 2.00 bits per heavy atom. The van der Waals surface area contributed by atoms with Crippen LogP contribution in [0.25, 0.3) is 0 Å². The third-order valence-corrected chi connectivity index (χ3v) is 3.77. The number of hydrogen-bond acceptors (Lipinski definition) is 2. The van der Waals surface area contributed by atoms with Gasteiger partial charge in [-0.3, -0.25) is 0 Å². The monoisotopic (exact) mass is 318 g/mol. The van der Waals surface area contributed by atoms with Crippen molar-refractivity contribution in [3.8, 4) is 0 Å². The summed E-state index contributed by atoms with van der Waals surface area (Å²) in [5.74, 6) is -1.68. The van der Waals surface area contributed by atoms with Gasteiger partial charge >= 0.3 is 6.03 Å². The molecule has 2 atom stereocenters. The number of aliphatic hydroxyl groups excluding tert-OH is 1. The summed E-state index contributed by atoms with van der Waals surface area (Å²) in [7, 11) is 0. The predicted octanol–water partition coefficient (Wildman–Crippen LogP) is 3.29. The fourth-order valence-corrected chi connectivity index (χ4v) is 2.70. The average Bonchev–Trinajstić information content (AvgIpc) is 2.40. The largest absolute Gasteiger partial charge is 0.393 e. The molecule has 0 bridgehead atoms. The molecule has 0 aromatic heterocycles. The molecule has 7 heteroatoms. The molecule has 1 aliphatic carbocycles. The first-order valence-corrected chi connectivity index (χ1v) is 7.21. The molecule has 2 rings (SSSR count). The van der Waals surface area contributed by atoms with Crippen LogP contribution in [-0.4, -0.2) is 23.8 Å². The molecule has 116 valence electrons. The number of halogens is 3. The number of nitrogens with one attached hydrogen (secondary N) is 2. The number of amides is 2. The SMILES string of the molecule is O=C(NCC1CCCC(O)C1)Nc1c(F)cc(Cl)cc1F. The van der Waals surface area contributed by atoms with Gasteiger partial charge in [0.05, 0.1) is 6.10 Å². The predicted molar refractivity (Wildman–Crippen MR) is 76.4 cm³/mol. The molecule has 1 saturated carbocycles. The Morgan fingerprint density at radius 1 is 1.33 bits per heavy atom. The van der Waals surface area contributed by atoms with Crippen molar-refractivity contribution >= 4 is 23.3 Å². The van der Waals surface area contributed by atoms with Gasteiger partial charge in [0.25, 0.3) is 0 Å². The Bertz CT molecular complexity index is 505. The molecule has 0 saturated heterocycles. The van der Waals surface area contributed by atoms with Gasteiger partial charge < -0.3 is 15.7 Å².